The molecule has 22 heavy (non-hydrogen) atoms. The summed E-state index contributed by atoms with van der Waals surface area (Å²) in [5.74, 6) is 0.535. The third kappa shape index (κ3) is 1.89. The van der Waals surface area contributed by atoms with Crippen LogP contribution in [0.3, 0.4) is 0 Å². The fraction of sp³-hybridized carbons (Fsp3) is 0.353. The summed E-state index contributed by atoms with van der Waals surface area (Å²) in [5.41, 5.74) is 3.07. The van der Waals surface area contributed by atoms with Crippen molar-refractivity contribution in [3.05, 3.63) is 23.8 Å². The van der Waals surface area contributed by atoms with Crippen molar-refractivity contribution in [3.8, 4) is 11.6 Å². The molecule has 5 heteroatoms. The van der Waals surface area contributed by atoms with Gasteiger partial charge in [-0.3, -0.25) is 4.79 Å². The first-order valence-electron chi connectivity index (χ1n) is 7.19. The van der Waals surface area contributed by atoms with Gasteiger partial charge in [-0.15, -0.1) is 0 Å². The Hall–Kier alpha value is -2.43. The molecule has 0 aliphatic carbocycles. The van der Waals surface area contributed by atoms with Gasteiger partial charge in [0.15, 0.2) is 0 Å². The molecule has 5 nitrogen and oxygen atoms in total. The maximum absolute atomic E-state index is 11.5. The van der Waals surface area contributed by atoms with E-state index < -0.39 is 0 Å². The predicted octanol–water partition coefficient (Wildman–Crippen LogP) is 3.47. The van der Waals surface area contributed by atoms with Crippen LogP contribution in [-0.4, -0.2) is 22.7 Å². The van der Waals surface area contributed by atoms with Crippen LogP contribution in [0, 0.1) is 0 Å². The van der Waals surface area contributed by atoms with Crippen LogP contribution in [-0.2, 0) is 10.3 Å². The molecule has 0 fully saturated rings. The largest absolute Gasteiger partial charge is 0.497 e. The highest BCUT2D eigenvalue weighted by Gasteiger charge is 2.32. The molecule has 0 spiro atoms. The smallest absolute Gasteiger partial charge is 0.221 e. The quantitative estimate of drug-likeness (QED) is 0.892. The molecule has 0 saturated carbocycles. The summed E-state index contributed by atoms with van der Waals surface area (Å²) in [7, 11) is 1.61. The van der Waals surface area contributed by atoms with Crippen LogP contribution in [0.1, 0.15) is 33.3 Å². The molecule has 2 N–H and O–H groups in total. The van der Waals surface area contributed by atoms with Gasteiger partial charge in [-0.2, -0.15) is 0 Å². The number of amides is 1. The Kier molecular flexibility index (Phi) is 2.99. The number of carbonyl (C=O) groups excluding carboxylic acids is 1. The maximum Gasteiger partial charge on any atom is 0.221 e. The number of aromatic nitrogens is 1. The summed E-state index contributed by atoms with van der Waals surface area (Å²) in [4.78, 5) is 11.5. The summed E-state index contributed by atoms with van der Waals surface area (Å²) in [6.45, 7) is 7.53. The summed E-state index contributed by atoms with van der Waals surface area (Å²) in [6.07, 6.45) is 2.10. The van der Waals surface area contributed by atoms with Crippen LogP contribution >= 0.6 is 0 Å². The van der Waals surface area contributed by atoms with Crippen LogP contribution in [0.15, 0.2) is 18.2 Å². The van der Waals surface area contributed by atoms with Crippen molar-refractivity contribution in [2.24, 2.45) is 0 Å². The number of ether oxygens (including phenoxy) is 1. The van der Waals surface area contributed by atoms with Crippen molar-refractivity contribution in [1.82, 2.24) is 4.57 Å². The molecule has 116 valence electrons. The Bertz CT molecular complexity index is 828. The molecule has 0 unspecified atom stereocenters. The molecule has 1 aromatic carbocycles. The number of anilines is 1. The van der Waals surface area contributed by atoms with Crippen molar-refractivity contribution in [1.29, 1.82) is 0 Å². The second-order valence-corrected chi connectivity index (χ2v) is 6.27. The van der Waals surface area contributed by atoms with E-state index >= 15 is 0 Å². The van der Waals surface area contributed by atoms with E-state index in [2.05, 4.69) is 11.4 Å². The minimum Gasteiger partial charge on any atom is -0.497 e. The summed E-state index contributed by atoms with van der Waals surface area (Å²) < 4.78 is 7.22. The van der Waals surface area contributed by atoms with Crippen molar-refractivity contribution in [2.45, 2.75) is 33.2 Å². The van der Waals surface area contributed by atoms with Crippen LogP contribution in [0.4, 0.5) is 5.69 Å². The van der Waals surface area contributed by atoms with Crippen molar-refractivity contribution in [2.75, 3.05) is 12.4 Å². The minimum absolute atomic E-state index is 0.0634. The third-order valence-electron chi connectivity index (χ3n) is 4.12. The zero-order valence-electron chi connectivity index (χ0n) is 13.4. The van der Waals surface area contributed by atoms with E-state index in [0.717, 1.165) is 22.0 Å². The lowest BCUT2D eigenvalue weighted by Crippen LogP contribution is -2.26. The van der Waals surface area contributed by atoms with Gasteiger partial charge in [0, 0.05) is 17.9 Å². The van der Waals surface area contributed by atoms with Crippen molar-refractivity contribution < 1.29 is 14.6 Å². The van der Waals surface area contributed by atoms with E-state index in [1.807, 2.05) is 37.5 Å². The van der Waals surface area contributed by atoms with Gasteiger partial charge in [0.1, 0.15) is 11.4 Å². The standard InChI is InChI=1S/C17H20N2O3/c1-9-8-17(3,4)19-15-12(9)6-11(22-5)7-13(15)14(16(19)21)18-10(2)20/h6-8,21H,1-5H3,(H,18,20). The Morgan fingerprint density at radius 2 is 2.05 bits per heavy atom. The van der Waals surface area contributed by atoms with Gasteiger partial charge in [0.25, 0.3) is 0 Å². The number of hydrogen-bond donors (Lipinski definition) is 2. The lowest BCUT2D eigenvalue weighted by molar-refractivity contribution is -0.114. The molecular weight excluding hydrogens is 280 g/mol. The molecule has 2 aromatic rings. The predicted molar refractivity (Wildman–Crippen MR) is 87.4 cm³/mol. The van der Waals surface area contributed by atoms with E-state index in [0.29, 0.717) is 11.4 Å². The zero-order chi connectivity index (χ0) is 16.2. The fourth-order valence-corrected chi connectivity index (χ4v) is 3.33. The van der Waals surface area contributed by atoms with E-state index in [1.165, 1.54) is 6.92 Å². The highest BCUT2D eigenvalue weighted by atomic mass is 16.5. The van der Waals surface area contributed by atoms with Crippen molar-refractivity contribution >= 4 is 28.1 Å². The molecule has 0 bridgehead atoms. The molecule has 1 aliphatic rings. The highest BCUT2D eigenvalue weighted by Crippen LogP contribution is 2.48. The number of aromatic hydroxyl groups is 1. The zero-order valence-corrected chi connectivity index (χ0v) is 13.4. The summed E-state index contributed by atoms with van der Waals surface area (Å²) in [6, 6.07) is 3.80. The topological polar surface area (TPSA) is 63.5 Å². The first-order valence-corrected chi connectivity index (χ1v) is 7.19. The van der Waals surface area contributed by atoms with Crippen LogP contribution in [0.2, 0.25) is 0 Å². The maximum atomic E-state index is 11.5. The van der Waals surface area contributed by atoms with Crippen LogP contribution < -0.4 is 10.1 Å². The number of carbonyl (C=O) groups is 1. The molecule has 0 radical (unpaired) electrons. The second-order valence-electron chi connectivity index (χ2n) is 6.27. The Morgan fingerprint density at radius 1 is 1.36 bits per heavy atom. The van der Waals surface area contributed by atoms with E-state index in [1.54, 1.807) is 7.11 Å². The van der Waals surface area contributed by atoms with Crippen LogP contribution in [0.5, 0.6) is 11.6 Å². The highest BCUT2D eigenvalue weighted by molar-refractivity contribution is 6.08. The number of allylic oxidation sites excluding steroid dienone is 2. The average Bonchev–Trinajstić information content (AvgIpc) is 2.69. The number of nitrogens with one attached hydrogen (secondary N) is 1. The molecule has 0 atom stereocenters. The third-order valence-corrected chi connectivity index (χ3v) is 4.12. The summed E-state index contributed by atoms with van der Waals surface area (Å²) >= 11 is 0. The number of rotatable bonds is 2. The number of hydrogen-bond acceptors (Lipinski definition) is 3. The molecule has 0 saturated heterocycles. The lowest BCUT2D eigenvalue weighted by Gasteiger charge is -2.31. The fourth-order valence-electron chi connectivity index (χ4n) is 3.33. The van der Waals surface area contributed by atoms with Crippen molar-refractivity contribution in [3.63, 3.8) is 0 Å². The van der Waals surface area contributed by atoms with Gasteiger partial charge in [-0.25, -0.2) is 0 Å². The van der Waals surface area contributed by atoms with E-state index in [9.17, 15) is 9.90 Å². The van der Waals surface area contributed by atoms with Crippen LogP contribution in [0.25, 0.3) is 16.5 Å². The van der Waals surface area contributed by atoms with Gasteiger partial charge >= 0.3 is 0 Å². The van der Waals surface area contributed by atoms with E-state index in [4.69, 9.17) is 4.74 Å². The second kappa shape index (κ2) is 4.53. The molecule has 1 aliphatic heterocycles. The summed E-state index contributed by atoms with van der Waals surface area (Å²) in [5, 5.41) is 14.2. The Labute approximate surface area is 129 Å². The molecule has 1 aromatic heterocycles. The molecular formula is C17H20N2O3. The molecule has 2 heterocycles. The Balaban J connectivity index is 2.47. The van der Waals surface area contributed by atoms with Gasteiger partial charge in [0.2, 0.25) is 11.8 Å². The average molecular weight is 300 g/mol. The normalized spacial score (nSPS) is 15.6. The first-order chi connectivity index (χ1) is 10.3. The van der Waals surface area contributed by atoms with E-state index in [-0.39, 0.29) is 17.3 Å². The number of nitrogens with zero attached hydrogens (tertiary/aromatic N) is 1. The minimum atomic E-state index is -0.384. The number of methoxy groups -OCH3 is 1. The first kappa shape index (κ1) is 14.5. The molecule has 3 rings (SSSR count). The molecule has 1 amide bonds. The SMILES string of the molecule is COc1cc2c3c(c1)c(NC(C)=O)c(O)n3C(C)(C)C=C2C. The van der Waals surface area contributed by atoms with Gasteiger partial charge < -0.3 is 19.7 Å². The van der Waals surface area contributed by atoms with Gasteiger partial charge in [0.05, 0.1) is 18.2 Å². The monoisotopic (exact) mass is 300 g/mol. The Morgan fingerprint density at radius 3 is 2.64 bits per heavy atom. The lowest BCUT2D eigenvalue weighted by atomic mass is 9.92. The van der Waals surface area contributed by atoms with Gasteiger partial charge in [-0.1, -0.05) is 6.08 Å². The van der Waals surface area contributed by atoms with Gasteiger partial charge in [-0.05, 0) is 38.5 Å². The number of benzene rings is 1.